The molecule has 7 aromatic heterocycles. The van der Waals surface area contributed by atoms with Crippen LogP contribution >= 0.6 is 56.7 Å². The number of aromatic nitrogens is 7. The van der Waals surface area contributed by atoms with Crippen LogP contribution in [-0.4, -0.2) is 239 Å². The smallest absolute Gasteiger partial charge is 0.358 e. The Morgan fingerprint density at radius 3 is 2.23 bits per heavy atom. The molecule has 34 nitrogen and oxygen atoms in total. The Morgan fingerprint density at radius 2 is 1.51 bits per heavy atom. The first-order chi connectivity index (χ1) is 51.6. The lowest BCUT2D eigenvalue weighted by Crippen LogP contribution is -2.62. The highest BCUT2D eigenvalue weighted by molar-refractivity contribution is 7.14. The summed E-state index contributed by atoms with van der Waals surface area (Å²) in [6, 6.07) is -0.424. The molecule has 0 radical (unpaired) electrons. The molecule has 8 aromatic rings. The van der Waals surface area contributed by atoms with Crippen molar-refractivity contribution >= 4 is 121 Å². The Kier molecular flexibility index (Phi) is 22.8. The number of rotatable bonds is 14. The van der Waals surface area contributed by atoms with Gasteiger partial charge in [0.1, 0.15) is 126 Å². The highest BCUT2D eigenvalue weighted by Crippen LogP contribution is 2.43. The highest BCUT2D eigenvalue weighted by Gasteiger charge is 2.50. The van der Waals surface area contributed by atoms with Crippen molar-refractivity contribution in [3.05, 3.63) is 112 Å². The highest BCUT2D eigenvalue weighted by atomic mass is 32.1. The van der Waals surface area contributed by atoms with Gasteiger partial charge in [0, 0.05) is 69.5 Å². The van der Waals surface area contributed by atoms with Crippen molar-refractivity contribution in [2.24, 2.45) is 5.73 Å². The maximum Gasteiger partial charge on any atom is 0.358 e. The second kappa shape index (κ2) is 32.1. The predicted octanol–water partition coefficient (Wildman–Crippen LogP) is 4.16. The summed E-state index contributed by atoms with van der Waals surface area (Å²) in [6.45, 7) is 7.72. The number of aliphatic hydroxyl groups excluding tert-OH is 1. The minimum Gasteiger partial charge on any atom is -0.506 e. The van der Waals surface area contributed by atoms with E-state index in [-0.39, 0.29) is 111 Å². The summed E-state index contributed by atoms with van der Waals surface area (Å²) >= 11 is 4.56. The molecular formula is C69H78N16O18S5. The molecule has 1 unspecified atom stereocenters. The largest absolute Gasteiger partial charge is 0.506 e. The second-order valence-corrected chi connectivity index (χ2v) is 31.5. The lowest BCUT2D eigenvalue weighted by atomic mass is 9.85. The van der Waals surface area contributed by atoms with Gasteiger partial charge < -0.3 is 96.0 Å². The fourth-order valence-electron chi connectivity index (χ4n) is 13.8. The summed E-state index contributed by atoms with van der Waals surface area (Å²) in [5.41, 5.74) is 3.15. The number of ether oxygens (including phenoxy) is 6. The average Bonchev–Trinajstić information content (AvgIpc) is 1.59. The number of pyridine rings is 1. The number of thiazole rings is 5. The van der Waals surface area contributed by atoms with Gasteiger partial charge in [-0.15, -0.1) is 56.7 Å². The van der Waals surface area contributed by atoms with Crippen LogP contribution in [-0.2, 0) is 56.0 Å². The van der Waals surface area contributed by atoms with Crippen LogP contribution in [0.15, 0.2) is 56.9 Å². The normalized spacial score (nSPS) is 24.3. The van der Waals surface area contributed by atoms with Crippen LogP contribution in [0.25, 0.3) is 49.3 Å². The molecule has 0 aliphatic carbocycles. The molecule has 39 heteroatoms. The zero-order chi connectivity index (χ0) is 76.7. The minimum absolute atomic E-state index is 0.0117. The maximum atomic E-state index is 15.2. The number of esters is 2. The molecule has 5 aliphatic rings. The summed E-state index contributed by atoms with van der Waals surface area (Å²) in [5.74, 6) is -7.87. The van der Waals surface area contributed by atoms with Gasteiger partial charge in [0.25, 0.3) is 23.6 Å². The number of carbonyl (C=O) groups excluding carboxylic acids is 8. The number of amides is 6. The summed E-state index contributed by atoms with van der Waals surface area (Å²) in [7, 11) is 6.68. The summed E-state index contributed by atoms with van der Waals surface area (Å²) in [4.78, 5) is 151. The number of likely N-dealkylation sites (tertiary alicyclic amines) is 1. The molecule has 0 saturated carbocycles. The summed E-state index contributed by atoms with van der Waals surface area (Å²) in [5, 5.41) is 68.6. The monoisotopic (exact) mass is 1580 g/mol. The minimum atomic E-state index is -1.92. The number of piperidine rings is 1. The fraction of sp³-hybridized carbons (Fsp3) is 0.449. The van der Waals surface area contributed by atoms with Crippen LogP contribution in [0.5, 0.6) is 5.75 Å². The third-order valence-electron chi connectivity index (χ3n) is 19.1. The van der Waals surface area contributed by atoms with Crippen molar-refractivity contribution in [3.63, 3.8) is 0 Å². The molecule has 0 spiro atoms. The zero-order valence-electron chi connectivity index (χ0n) is 59.5. The van der Waals surface area contributed by atoms with Gasteiger partial charge in [-0.25, -0.2) is 39.5 Å². The number of benzene rings is 1. The Morgan fingerprint density at radius 1 is 0.833 bits per heavy atom. The first kappa shape index (κ1) is 76.8. The maximum absolute atomic E-state index is 15.2. The van der Waals surface area contributed by atoms with E-state index in [9.17, 15) is 39.7 Å². The van der Waals surface area contributed by atoms with Crippen LogP contribution in [0.2, 0.25) is 0 Å². The van der Waals surface area contributed by atoms with Gasteiger partial charge in [-0.1, -0.05) is 18.6 Å². The molecule has 572 valence electrons. The molecule has 6 amide bonds. The quantitative estimate of drug-likeness (QED) is 0.0415. The number of aromatic hydroxyl groups is 1. The third-order valence-corrected chi connectivity index (χ3v) is 23.6. The molecule has 108 heavy (non-hydrogen) atoms. The molecule has 13 rings (SSSR count). The van der Waals surface area contributed by atoms with Crippen molar-refractivity contribution in [2.75, 3.05) is 67.6 Å². The van der Waals surface area contributed by atoms with E-state index in [1.54, 1.807) is 50.4 Å². The number of cyclic esters (lactones) is 2. The van der Waals surface area contributed by atoms with Gasteiger partial charge in [0.15, 0.2) is 18.1 Å². The third kappa shape index (κ3) is 16.1. The molecule has 11 N–H and O–H groups in total. The van der Waals surface area contributed by atoms with Crippen LogP contribution in [0.3, 0.4) is 0 Å². The molecule has 12 heterocycles. The SMILES string of the molecule is CO/C(C)=C1/NC(=O)[C@H]([C@@H](C)O)NC(=O)c2csc(n2)-c2cc(O)c(-c3nc(C(=O)NC(CN(C)CCN4CCCCC4)C(N)=O)cs3)nc2-c2csc(n2)[C@@H]2COC(=O)c3c4c5c(cccc5n3O)COC(=O)[C@@H](O[C@H]3C[C@](C)(O)[C@H](N(C)C)[C@H](C)O3)[C@@H](OC4)[C@H](NC(=O)c3csc1n3)c1nc(cs1)C(=O)N2. The Hall–Kier alpha value is -9.36. The number of fused-ring (bicyclic) bond motifs is 15. The van der Waals surface area contributed by atoms with Gasteiger partial charge in [0.2, 0.25) is 11.8 Å². The summed E-state index contributed by atoms with van der Waals surface area (Å²) in [6.07, 6.45) is -4.17. The van der Waals surface area contributed by atoms with Gasteiger partial charge in [-0.05, 0) is 92.5 Å². The van der Waals surface area contributed by atoms with Gasteiger partial charge in [0.05, 0.1) is 43.1 Å². The van der Waals surface area contributed by atoms with E-state index < -0.39 is 145 Å². The second-order valence-electron chi connectivity index (χ2n) is 27.1. The number of aliphatic hydroxyl groups is 2. The van der Waals surface area contributed by atoms with Crippen LogP contribution in [0, 0.1) is 0 Å². The van der Waals surface area contributed by atoms with Crippen molar-refractivity contribution in [3.8, 4) is 38.4 Å². The number of methoxy groups -OCH3 is 1. The number of nitrogens with two attached hydrogens (primary N) is 1. The first-order valence-corrected chi connectivity index (χ1v) is 38.7. The number of hydrogen-bond acceptors (Lipinski definition) is 32. The Labute approximate surface area is 636 Å². The number of primary amides is 1. The Balaban J connectivity index is 0.936. The van der Waals surface area contributed by atoms with Crippen molar-refractivity contribution in [1.29, 1.82) is 0 Å². The van der Waals surface area contributed by atoms with Gasteiger partial charge in [-0.2, -0.15) is 4.73 Å². The van der Waals surface area contributed by atoms with Crippen LogP contribution in [0.1, 0.15) is 144 Å². The summed E-state index contributed by atoms with van der Waals surface area (Å²) < 4.78 is 38.4. The molecule has 2 saturated heterocycles. The van der Waals surface area contributed by atoms with E-state index in [4.69, 9.17) is 49.1 Å². The molecule has 5 aliphatic heterocycles. The van der Waals surface area contributed by atoms with E-state index in [0.29, 0.717) is 16.8 Å². The molecular weight excluding hydrogens is 1500 g/mol. The van der Waals surface area contributed by atoms with Gasteiger partial charge in [-0.3, -0.25) is 28.8 Å². The number of carbonyl (C=O) groups is 8. The van der Waals surface area contributed by atoms with Crippen molar-refractivity contribution in [1.82, 2.24) is 75.9 Å². The van der Waals surface area contributed by atoms with E-state index in [1.165, 1.54) is 61.0 Å². The van der Waals surface area contributed by atoms with E-state index in [1.807, 2.05) is 11.9 Å². The number of nitrogens with one attached hydrogen (secondary N) is 5. The van der Waals surface area contributed by atoms with E-state index in [2.05, 4.69) is 46.4 Å². The number of hydrogen-bond donors (Lipinski definition) is 10. The topological polar surface area (TPSA) is 451 Å². The average molecular weight is 1580 g/mol. The molecule has 11 atom stereocenters. The molecule has 2 fully saturated rings. The molecule has 1 aromatic carbocycles. The zero-order valence-corrected chi connectivity index (χ0v) is 63.6. The van der Waals surface area contributed by atoms with Crippen molar-refractivity contribution < 1.29 is 87.3 Å². The molecule has 12 bridgehead atoms. The number of allylic oxidation sites excluding steroid dienone is 1. The lowest BCUT2D eigenvalue weighted by Gasteiger charge is -2.48. The number of nitrogens with zero attached hydrogens (tertiary/aromatic N) is 10. The van der Waals surface area contributed by atoms with Crippen LogP contribution < -0.4 is 32.3 Å². The standard InChI is InChI=1S/C69H78N16O18S5/c1-30(86)47-61(93)80-48(31(2)98-8)64-75-42(29-106-64)60(92)81-51-53-54(103-45-20-69(4,96)55(82(5)6)32(3)102-45)68(95)100-22-33-13-12-14-43-46(33)35(23-99-53)52(85(43)97)67(94)101-24-37(72-58(90)40-28-108-66(51)77-40)63-73-38(25-105-63)49-34(62-74-41(26-104-62)59(91)79-47)19-44(87)50(78-49)65-76-39(27-107-65)57(89)71-36(56(70)88)21-83(7)17-18-84-15-10-9-11-16-84/h12-14,19,25-30,32,36-37,45,47,51,53-55,86-87,96-97H,9-11,15-18,20-24H2,1-8H3,(H2,70,88)(H,71,89)(H,72,90)(H,79,91)(H,80,93)(H,81,92)/b48-31+/t30-,32+,36?,37+,45+,47+,51+,53+,54+,55-,69+/m1/s1. The lowest BCUT2D eigenvalue weighted by molar-refractivity contribution is -0.280. The Bertz CT molecular complexity index is 4830. The number of likely N-dealkylation sites (N-methyl/N-ethyl adjacent to an activating group) is 2. The van der Waals surface area contributed by atoms with E-state index in [0.717, 1.165) is 89.2 Å². The van der Waals surface area contributed by atoms with Crippen molar-refractivity contribution in [2.45, 2.75) is 133 Å². The van der Waals surface area contributed by atoms with E-state index >= 15 is 19.2 Å². The first-order valence-electron chi connectivity index (χ1n) is 34.3. The predicted molar refractivity (Wildman–Crippen MR) is 392 cm³/mol. The van der Waals surface area contributed by atoms with Crippen LogP contribution in [0.4, 0.5) is 0 Å². The fourth-order valence-corrected chi connectivity index (χ4v) is 18.0. The van der Waals surface area contributed by atoms with Gasteiger partial charge >= 0.3 is 11.9 Å².